The molecule has 2 aromatic rings. The lowest BCUT2D eigenvalue weighted by atomic mass is 10.1. The quantitative estimate of drug-likeness (QED) is 0.777. The number of nitrogens with one attached hydrogen (secondary N) is 2. The van der Waals surface area contributed by atoms with Crippen molar-refractivity contribution in [2.24, 2.45) is 0 Å². The Bertz CT molecular complexity index is 525. The van der Waals surface area contributed by atoms with Crippen LogP contribution in [0.15, 0.2) is 55.3 Å². The number of aromatic nitrogens is 2. The second-order valence-corrected chi connectivity index (χ2v) is 4.21. The molecule has 1 heterocycles. The van der Waals surface area contributed by atoms with Gasteiger partial charge in [-0.1, -0.05) is 36.4 Å². The third-order valence-electron chi connectivity index (χ3n) is 2.72. The van der Waals surface area contributed by atoms with Gasteiger partial charge in [-0.2, -0.15) is 4.98 Å². The second-order valence-electron chi connectivity index (χ2n) is 4.21. The van der Waals surface area contributed by atoms with Crippen molar-refractivity contribution in [2.75, 3.05) is 17.2 Å². The molecule has 0 aliphatic heterocycles. The van der Waals surface area contributed by atoms with Crippen LogP contribution >= 0.6 is 0 Å². The highest BCUT2D eigenvalue weighted by Gasteiger charge is 2.05. The van der Waals surface area contributed by atoms with Crippen LogP contribution in [0.1, 0.15) is 18.5 Å². The van der Waals surface area contributed by atoms with Crippen molar-refractivity contribution in [1.29, 1.82) is 0 Å². The first-order chi connectivity index (χ1) is 9.29. The zero-order valence-electron chi connectivity index (χ0n) is 11.0. The van der Waals surface area contributed by atoms with Crippen molar-refractivity contribution in [1.82, 2.24) is 9.97 Å². The number of anilines is 2. The highest BCUT2D eigenvalue weighted by molar-refractivity contribution is 5.42. The summed E-state index contributed by atoms with van der Waals surface area (Å²) in [6, 6.07) is 12.3. The molecule has 98 valence electrons. The SMILES string of the molecule is C=CCNc1nccc(NC(C)c2ccccc2)n1. The van der Waals surface area contributed by atoms with Gasteiger partial charge in [-0.05, 0) is 18.6 Å². The Balaban J connectivity index is 2.04. The van der Waals surface area contributed by atoms with E-state index in [-0.39, 0.29) is 6.04 Å². The van der Waals surface area contributed by atoms with Gasteiger partial charge in [0.15, 0.2) is 0 Å². The molecule has 1 unspecified atom stereocenters. The summed E-state index contributed by atoms with van der Waals surface area (Å²) >= 11 is 0. The molecule has 0 spiro atoms. The van der Waals surface area contributed by atoms with Crippen LogP contribution in [0, 0.1) is 0 Å². The van der Waals surface area contributed by atoms with Crippen molar-refractivity contribution in [3.63, 3.8) is 0 Å². The molecule has 0 bridgehead atoms. The van der Waals surface area contributed by atoms with Gasteiger partial charge in [-0.25, -0.2) is 4.98 Å². The van der Waals surface area contributed by atoms with Crippen LogP contribution in [-0.4, -0.2) is 16.5 Å². The predicted molar refractivity (Wildman–Crippen MR) is 79.2 cm³/mol. The molecule has 0 amide bonds. The van der Waals surface area contributed by atoms with E-state index >= 15 is 0 Å². The van der Waals surface area contributed by atoms with Crippen LogP contribution in [0.25, 0.3) is 0 Å². The van der Waals surface area contributed by atoms with Crippen LogP contribution < -0.4 is 10.6 Å². The Hall–Kier alpha value is -2.36. The Morgan fingerprint density at radius 1 is 1.26 bits per heavy atom. The smallest absolute Gasteiger partial charge is 0.224 e. The molecule has 4 heteroatoms. The van der Waals surface area contributed by atoms with Crippen molar-refractivity contribution in [3.8, 4) is 0 Å². The van der Waals surface area contributed by atoms with Gasteiger partial charge in [0.1, 0.15) is 5.82 Å². The average molecular weight is 254 g/mol. The van der Waals surface area contributed by atoms with Crippen LogP contribution in [0.5, 0.6) is 0 Å². The van der Waals surface area contributed by atoms with E-state index in [0.717, 1.165) is 5.82 Å². The average Bonchev–Trinajstić information content (AvgIpc) is 2.46. The fourth-order valence-electron chi connectivity index (χ4n) is 1.73. The summed E-state index contributed by atoms with van der Waals surface area (Å²) in [5.74, 6) is 1.41. The summed E-state index contributed by atoms with van der Waals surface area (Å²) in [6.45, 7) is 6.41. The monoisotopic (exact) mass is 254 g/mol. The summed E-state index contributed by atoms with van der Waals surface area (Å²) in [5.41, 5.74) is 1.22. The van der Waals surface area contributed by atoms with Crippen LogP contribution in [0.3, 0.4) is 0 Å². The lowest BCUT2D eigenvalue weighted by Gasteiger charge is -2.15. The number of rotatable bonds is 6. The molecule has 2 N–H and O–H groups in total. The first-order valence-electron chi connectivity index (χ1n) is 6.29. The first kappa shape index (κ1) is 13.1. The van der Waals surface area contributed by atoms with Crippen molar-refractivity contribution < 1.29 is 0 Å². The van der Waals surface area contributed by atoms with E-state index in [4.69, 9.17) is 0 Å². The number of benzene rings is 1. The third-order valence-corrected chi connectivity index (χ3v) is 2.72. The lowest BCUT2D eigenvalue weighted by Crippen LogP contribution is -2.10. The molecule has 1 aromatic carbocycles. The summed E-state index contributed by atoms with van der Waals surface area (Å²) in [5, 5.41) is 6.43. The summed E-state index contributed by atoms with van der Waals surface area (Å²) < 4.78 is 0. The Kier molecular flexibility index (Phi) is 4.50. The fraction of sp³-hybridized carbons (Fsp3) is 0.200. The second kappa shape index (κ2) is 6.54. The predicted octanol–water partition coefficient (Wildman–Crippen LogP) is 3.25. The minimum atomic E-state index is 0.198. The van der Waals surface area contributed by atoms with Crippen LogP contribution in [0.4, 0.5) is 11.8 Å². The minimum absolute atomic E-state index is 0.198. The molecule has 0 radical (unpaired) electrons. The lowest BCUT2D eigenvalue weighted by molar-refractivity contribution is 0.872. The van der Waals surface area contributed by atoms with Crippen molar-refractivity contribution in [3.05, 3.63) is 60.8 Å². The number of hydrogen-bond acceptors (Lipinski definition) is 4. The highest BCUT2D eigenvalue weighted by atomic mass is 15.1. The molecule has 2 rings (SSSR count). The van der Waals surface area contributed by atoms with Gasteiger partial charge < -0.3 is 10.6 Å². The molecule has 19 heavy (non-hydrogen) atoms. The van der Waals surface area contributed by atoms with Gasteiger partial charge in [0.25, 0.3) is 0 Å². The van der Waals surface area contributed by atoms with Crippen LogP contribution in [0.2, 0.25) is 0 Å². The van der Waals surface area contributed by atoms with Gasteiger partial charge in [0.2, 0.25) is 5.95 Å². The molecular weight excluding hydrogens is 236 g/mol. The van der Waals surface area contributed by atoms with Gasteiger partial charge in [0, 0.05) is 18.8 Å². The van der Waals surface area contributed by atoms with Crippen molar-refractivity contribution in [2.45, 2.75) is 13.0 Å². The van der Waals surface area contributed by atoms with Gasteiger partial charge in [-0.3, -0.25) is 0 Å². The molecule has 0 aliphatic rings. The maximum absolute atomic E-state index is 4.39. The first-order valence-corrected chi connectivity index (χ1v) is 6.29. The molecule has 0 saturated heterocycles. The normalized spacial score (nSPS) is 11.6. The molecule has 1 atom stereocenters. The Morgan fingerprint density at radius 2 is 2.05 bits per heavy atom. The van der Waals surface area contributed by atoms with E-state index in [1.54, 1.807) is 12.3 Å². The van der Waals surface area contributed by atoms with Gasteiger partial charge in [-0.15, -0.1) is 6.58 Å². The fourth-order valence-corrected chi connectivity index (χ4v) is 1.73. The maximum atomic E-state index is 4.39. The standard InChI is InChI=1S/C15H18N4/c1-3-10-16-15-17-11-9-14(19-15)18-12(2)13-7-5-4-6-8-13/h3-9,11-12H,1,10H2,2H3,(H2,16,17,18,19). The molecule has 0 saturated carbocycles. The third kappa shape index (κ3) is 3.81. The number of nitrogens with zero attached hydrogens (tertiary/aromatic N) is 2. The van der Waals surface area contributed by atoms with E-state index in [1.165, 1.54) is 5.56 Å². The van der Waals surface area contributed by atoms with Crippen molar-refractivity contribution >= 4 is 11.8 Å². The van der Waals surface area contributed by atoms with E-state index in [9.17, 15) is 0 Å². The van der Waals surface area contributed by atoms with E-state index < -0.39 is 0 Å². The van der Waals surface area contributed by atoms with E-state index in [0.29, 0.717) is 12.5 Å². The van der Waals surface area contributed by atoms with Gasteiger partial charge in [0.05, 0.1) is 0 Å². The molecule has 0 aliphatic carbocycles. The van der Waals surface area contributed by atoms with Gasteiger partial charge >= 0.3 is 0 Å². The molecular formula is C15H18N4. The summed E-state index contributed by atoms with van der Waals surface area (Å²) in [4.78, 5) is 8.54. The Labute approximate surface area is 113 Å². The maximum Gasteiger partial charge on any atom is 0.224 e. The topological polar surface area (TPSA) is 49.8 Å². The number of hydrogen-bond donors (Lipinski definition) is 2. The van der Waals surface area contributed by atoms with Crippen LogP contribution in [-0.2, 0) is 0 Å². The molecule has 4 nitrogen and oxygen atoms in total. The minimum Gasteiger partial charge on any atom is -0.363 e. The Morgan fingerprint density at radius 3 is 2.79 bits per heavy atom. The molecule has 1 aromatic heterocycles. The molecule has 0 fully saturated rings. The summed E-state index contributed by atoms with van der Waals surface area (Å²) in [6.07, 6.45) is 3.51. The van der Waals surface area contributed by atoms with E-state index in [1.807, 2.05) is 24.3 Å². The highest BCUT2D eigenvalue weighted by Crippen LogP contribution is 2.17. The summed E-state index contributed by atoms with van der Waals surface area (Å²) in [7, 11) is 0. The van der Waals surface area contributed by atoms with E-state index in [2.05, 4.69) is 46.2 Å². The largest absolute Gasteiger partial charge is 0.363 e. The zero-order valence-corrected chi connectivity index (χ0v) is 11.0. The zero-order chi connectivity index (χ0) is 13.5.